The van der Waals surface area contributed by atoms with Gasteiger partial charge in [-0.2, -0.15) is 4.98 Å². The molecule has 0 aliphatic heterocycles. The lowest BCUT2D eigenvalue weighted by Crippen LogP contribution is -2.08. The molecule has 3 aromatic rings. The van der Waals surface area contributed by atoms with Crippen LogP contribution in [0, 0.1) is 6.92 Å². The number of nitrogens with one attached hydrogen (secondary N) is 2. The van der Waals surface area contributed by atoms with Crippen LogP contribution in [0.2, 0.25) is 0 Å². The number of ether oxygens (including phenoxy) is 1. The Morgan fingerprint density at radius 1 is 1.11 bits per heavy atom. The van der Waals surface area contributed by atoms with Crippen LogP contribution >= 0.6 is 0 Å². The zero-order valence-electron chi connectivity index (χ0n) is 15.1. The fraction of sp³-hybridized carbons (Fsp3) is 0.150. The SMILES string of the molecule is COc1ccc(CNc2nc(C)cc(Nc3ccccc3C(=O)O)n2)cc1. The summed E-state index contributed by atoms with van der Waals surface area (Å²) in [6.07, 6.45) is 0. The van der Waals surface area contributed by atoms with Crippen molar-refractivity contribution in [2.75, 3.05) is 17.7 Å². The Labute approximate surface area is 157 Å². The van der Waals surface area contributed by atoms with Gasteiger partial charge in [-0.1, -0.05) is 24.3 Å². The van der Waals surface area contributed by atoms with E-state index < -0.39 is 5.97 Å². The summed E-state index contributed by atoms with van der Waals surface area (Å²) >= 11 is 0. The van der Waals surface area contributed by atoms with Crippen molar-refractivity contribution < 1.29 is 14.6 Å². The minimum absolute atomic E-state index is 0.182. The summed E-state index contributed by atoms with van der Waals surface area (Å²) < 4.78 is 5.15. The van der Waals surface area contributed by atoms with Crippen LogP contribution in [-0.4, -0.2) is 28.2 Å². The molecule has 138 valence electrons. The second-order valence-electron chi connectivity index (χ2n) is 5.90. The first-order valence-corrected chi connectivity index (χ1v) is 8.37. The Morgan fingerprint density at radius 3 is 2.56 bits per heavy atom. The molecule has 0 bridgehead atoms. The number of aryl methyl sites for hydroxylation is 1. The monoisotopic (exact) mass is 364 g/mol. The summed E-state index contributed by atoms with van der Waals surface area (Å²) in [5, 5.41) is 15.5. The van der Waals surface area contributed by atoms with Crippen LogP contribution in [0.5, 0.6) is 5.75 Å². The number of hydrogen-bond donors (Lipinski definition) is 3. The van der Waals surface area contributed by atoms with Crippen molar-refractivity contribution in [3.8, 4) is 5.75 Å². The van der Waals surface area contributed by atoms with E-state index in [0.717, 1.165) is 17.0 Å². The summed E-state index contributed by atoms with van der Waals surface area (Å²) in [6, 6.07) is 16.2. The van der Waals surface area contributed by atoms with Gasteiger partial charge < -0.3 is 20.5 Å². The van der Waals surface area contributed by atoms with Gasteiger partial charge in [-0.05, 0) is 36.8 Å². The molecule has 0 saturated carbocycles. The average molecular weight is 364 g/mol. The Balaban J connectivity index is 1.75. The molecular formula is C20H20N4O3. The smallest absolute Gasteiger partial charge is 0.337 e. The second kappa shape index (κ2) is 8.18. The molecule has 0 spiro atoms. The fourth-order valence-electron chi connectivity index (χ4n) is 2.55. The van der Waals surface area contributed by atoms with E-state index in [1.54, 1.807) is 37.4 Å². The molecule has 0 saturated heterocycles. The molecule has 3 N–H and O–H groups in total. The topological polar surface area (TPSA) is 96.4 Å². The fourth-order valence-corrected chi connectivity index (χ4v) is 2.55. The standard InChI is InChI=1S/C20H20N4O3/c1-13-11-18(23-17-6-4-3-5-16(17)19(25)26)24-20(22-13)21-12-14-7-9-15(27-2)10-8-14/h3-11H,12H2,1-2H3,(H,25,26)(H2,21,22,23,24). The molecule has 1 aromatic heterocycles. The van der Waals surface area contributed by atoms with Crippen LogP contribution in [0.25, 0.3) is 0 Å². The van der Waals surface area contributed by atoms with Gasteiger partial charge in [0.1, 0.15) is 11.6 Å². The van der Waals surface area contributed by atoms with Gasteiger partial charge in [-0.3, -0.25) is 0 Å². The maximum atomic E-state index is 11.4. The maximum Gasteiger partial charge on any atom is 0.337 e. The first-order valence-electron chi connectivity index (χ1n) is 8.37. The third kappa shape index (κ3) is 4.72. The van der Waals surface area contributed by atoms with Crippen LogP contribution in [0.15, 0.2) is 54.6 Å². The number of hydrogen-bond acceptors (Lipinski definition) is 6. The van der Waals surface area contributed by atoms with Crippen molar-refractivity contribution in [1.29, 1.82) is 0 Å². The number of benzene rings is 2. The molecule has 0 aliphatic rings. The number of aromatic carboxylic acids is 1. The summed E-state index contributed by atoms with van der Waals surface area (Å²) in [4.78, 5) is 20.2. The summed E-state index contributed by atoms with van der Waals surface area (Å²) in [5.41, 5.74) is 2.48. The zero-order valence-corrected chi connectivity index (χ0v) is 15.1. The molecule has 3 rings (SSSR count). The number of carbonyl (C=O) groups is 1. The molecule has 7 nitrogen and oxygen atoms in total. The number of carboxylic acid groups (broad SMARTS) is 1. The molecule has 1 heterocycles. The molecular weight excluding hydrogens is 344 g/mol. The third-order valence-electron chi connectivity index (χ3n) is 3.88. The van der Waals surface area contributed by atoms with Crippen LogP contribution in [0.1, 0.15) is 21.6 Å². The quantitative estimate of drug-likeness (QED) is 0.586. The van der Waals surface area contributed by atoms with Gasteiger partial charge in [0, 0.05) is 18.3 Å². The number of nitrogens with zero attached hydrogens (tertiary/aromatic N) is 2. The molecule has 0 unspecified atom stereocenters. The minimum Gasteiger partial charge on any atom is -0.497 e. The van der Waals surface area contributed by atoms with E-state index in [1.165, 1.54) is 0 Å². The maximum absolute atomic E-state index is 11.4. The summed E-state index contributed by atoms with van der Waals surface area (Å²) in [6.45, 7) is 2.41. The first kappa shape index (κ1) is 18.2. The number of rotatable bonds is 7. The van der Waals surface area contributed by atoms with Crippen molar-refractivity contribution in [1.82, 2.24) is 9.97 Å². The highest BCUT2D eigenvalue weighted by Gasteiger charge is 2.10. The van der Waals surface area contributed by atoms with Crippen molar-refractivity contribution >= 4 is 23.4 Å². The van der Waals surface area contributed by atoms with Crippen LogP contribution in [-0.2, 0) is 6.54 Å². The van der Waals surface area contributed by atoms with E-state index in [0.29, 0.717) is 24.0 Å². The number of para-hydroxylation sites is 1. The Kier molecular flexibility index (Phi) is 5.51. The highest BCUT2D eigenvalue weighted by atomic mass is 16.5. The largest absolute Gasteiger partial charge is 0.497 e. The van der Waals surface area contributed by atoms with E-state index >= 15 is 0 Å². The lowest BCUT2D eigenvalue weighted by atomic mass is 10.2. The van der Waals surface area contributed by atoms with E-state index in [1.807, 2.05) is 31.2 Å². The summed E-state index contributed by atoms with van der Waals surface area (Å²) in [7, 11) is 1.63. The van der Waals surface area contributed by atoms with Crippen molar-refractivity contribution in [2.24, 2.45) is 0 Å². The van der Waals surface area contributed by atoms with Gasteiger partial charge in [0.15, 0.2) is 0 Å². The van der Waals surface area contributed by atoms with E-state index in [4.69, 9.17) is 4.74 Å². The molecule has 2 aromatic carbocycles. The van der Waals surface area contributed by atoms with Crippen molar-refractivity contribution in [2.45, 2.75) is 13.5 Å². The molecule has 27 heavy (non-hydrogen) atoms. The predicted molar refractivity (Wildman–Crippen MR) is 104 cm³/mol. The highest BCUT2D eigenvalue weighted by Crippen LogP contribution is 2.21. The van der Waals surface area contributed by atoms with E-state index in [2.05, 4.69) is 20.6 Å². The lowest BCUT2D eigenvalue weighted by Gasteiger charge is -2.12. The summed E-state index contributed by atoms with van der Waals surface area (Å²) in [5.74, 6) is 0.783. The molecule has 0 amide bonds. The highest BCUT2D eigenvalue weighted by molar-refractivity contribution is 5.95. The first-order chi connectivity index (χ1) is 13.0. The van der Waals surface area contributed by atoms with Crippen molar-refractivity contribution in [3.63, 3.8) is 0 Å². The van der Waals surface area contributed by atoms with Crippen molar-refractivity contribution in [3.05, 3.63) is 71.4 Å². The average Bonchev–Trinajstić information content (AvgIpc) is 2.66. The number of methoxy groups -OCH3 is 1. The normalized spacial score (nSPS) is 10.3. The molecule has 7 heteroatoms. The van der Waals surface area contributed by atoms with E-state index in [9.17, 15) is 9.90 Å². The molecule has 0 fully saturated rings. The Hall–Kier alpha value is -3.61. The molecule has 0 radical (unpaired) electrons. The van der Waals surface area contributed by atoms with Gasteiger partial charge in [-0.25, -0.2) is 9.78 Å². The second-order valence-corrected chi connectivity index (χ2v) is 5.90. The number of aromatic nitrogens is 2. The van der Waals surface area contributed by atoms with Gasteiger partial charge in [0.25, 0.3) is 0 Å². The van der Waals surface area contributed by atoms with Gasteiger partial charge in [0.2, 0.25) is 5.95 Å². The predicted octanol–water partition coefficient (Wildman–Crippen LogP) is 3.85. The van der Waals surface area contributed by atoms with Crippen LogP contribution in [0.4, 0.5) is 17.5 Å². The Morgan fingerprint density at radius 2 is 1.85 bits per heavy atom. The Bertz CT molecular complexity index is 942. The molecule has 0 aliphatic carbocycles. The van der Waals surface area contributed by atoms with Crippen LogP contribution < -0.4 is 15.4 Å². The van der Waals surface area contributed by atoms with Crippen LogP contribution in [0.3, 0.4) is 0 Å². The zero-order chi connectivity index (χ0) is 19.2. The molecule has 0 atom stereocenters. The number of anilines is 3. The lowest BCUT2D eigenvalue weighted by molar-refractivity contribution is 0.0698. The van der Waals surface area contributed by atoms with Gasteiger partial charge >= 0.3 is 5.97 Å². The number of carboxylic acids is 1. The van der Waals surface area contributed by atoms with Gasteiger partial charge in [0.05, 0.1) is 18.4 Å². The third-order valence-corrected chi connectivity index (χ3v) is 3.88. The van der Waals surface area contributed by atoms with E-state index in [-0.39, 0.29) is 5.56 Å². The minimum atomic E-state index is -0.998. The van der Waals surface area contributed by atoms with Gasteiger partial charge in [-0.15, -0.1) is 0 Å².